The largest absolute Gasteiger partial charge is 0.292 e. The first kappa shape index (κ1) is 34.2. The Morgan fingerprint density at radius 3 is 1.80 bits per heavy atom. The molecule has 0 aliphatic heterocycles. The molecule has 2 heterocycles. The molecule has 0 bridgehead atoms. The van der Waals surface area contributed by atoms with E-state index in [1.54, 1.807) is 0 Å². The summed E-state index contributed by atoms with van der Waals surface area (Å²) in [5.74, 6) is 0.834. The lowest BCUT2D eigenvalue weighted by atomic mass is 9.87. The van der Waals surface area contributed by atoms with Gasteiger partial charge in [-0.3, -0.25) is 4.57 Å². The van der Waals surface area contributed by atoms with E-state index >= 15 is 0 Å². The Morgan fingerprint density at radius 1 is 0.455 bits per heavy atom. The van der Waals surface area contributed by atoms with Crippen molar-refractivity contribution < 1.29 is 0 Å². The van der Waals surface area contributed by atoms with E-state index in [4.69, 9.17) is 9.97 Å². The van der Waals surface area contributed by atoms with Crippen molar-refractivity contribution in [1.82, 2.24) is 14.5 Å². The number of hydrogen-bond acceptors (Lipinski definition) is 2. The van der Waals surface area contributed by atoms with Gasteiger partial charge in [0.1, 0.15) is 5.69 Å². The van der Waals surface area contributed by atoms with Crippen molar-refractivity contribution >= 4 is 54.1 Å². The summed E-state index contributed by atoms with van der Waals surface area (Å²) >= 11 is 0. The van der Waals surface area contributed by atoms with E-state index in [1.165, 1.54) is 70.9 Å². The van der Waals surface area contributed by atoms with Crippen molar-refractivity contribution in [2.75, 3.05) is 0 Å². The topological polar surface area (TPSA) is 30.7 Å². The molecule has 3 heteroatoms. The Bertz CT molecular complexity index is 3110. The number of aryl methyl sites for hydroxylation is 4. The van der Waals surface area contributed by atoms with Gasteiger partial charge in [0, 0.05) is 21.9 Å². The van der Waals surface area contributed by atoms with Crippen molar-refractivity contribution in [2.45, 2.75) is 41.5 Å². The van der Waals surface area contributed by atoms with E-state index in [0.717, 1.165) is 45.1 Å². The zero-order valence-corrected chi connectivity index (χ0v) is 32.3. The van der Waals surface area contributed by atoms with Gasteiger partial charge in [0.2, 0.25) is 0 Å². The van der Waals surface area contributed by atoms with Crippen molar-refractivity contribution in [2.24, 2.45) is 0 Å². The van der Waals surface area contributed by atoms with E-state index in [1.807, 2.05) is 13.8 Å². The zero-order valence-electron chi connectivity index (χ0n) is 32.3. The van der Waals surface area contributed by atoms with Crippen LogP contribution in [0.15, 0.2) is 152 Å². The maximum atomic E-state index is 5.59. The number of hydrogen-bond donors (Lipinski definition) is 0. The molecule has 0 saturated heterocycles. The van der Waals surface area contributed by atoms with Crippen LogP contribution in [0.5, 0.6) is 0 Å². The third-order valence-electron chi connectivity index (χ3n) is 11.1. The van der Waals surface area contributed by atoms with Crippen LogP contribution in [-0.2, 0) is 0 Å². The highest BCUT2D eigenvalue weighted by Gasteiger charge is 2.26. The van der Waals surface area contributed by atoms with Crippen LogP contribution in [0.3, 0.4) is 0 Å². The number of para-hydroxylation sites is 1. The molecule has 0 aliphatic rings. The zero-order chi connectivity index (χ0) is 37.8. The van der Waals surface area contributed by atoms with Gasteiger partial charge in [-0.25, -0.2) is 9.97 Å². The standard InChI is InChI=1S/C50H37N3.C2H6/c1-30-15-5-10-20-39(30)47-33(4)51-50(48(52-47)38-26-25-34-16-6-7-18-36(34)28-38)53-44-24-14-13-23-42(44)46-41-22-12-11-21-40(41)45(32(3)49(46)53)43-29-37-19-9-8-17-35(37)27-31(43)2;1-2/h5-29H,1-4H3;1-2H3. The van der Waals surface area contributed by atoms with Crippen LogP contribution < -0.4 is 0 Å². The van der Waals surface area contributed by atoms with Crippen molar-refractivity contribution in [3.8, 4) is 39.5 Å². The number of benzene rings is 8. The molecule has 0 amide bonds. The van der Waals surface area contributed by atoms with Gasteiger partial charge in [-0.05, 0) is 106 Å². The highest BCUT2D eigenvalue weighted by atomic mass is 15.1. The van der Waals surface area contributed by atoms with Crippen LogP contribution in [-0.4, -0.2) is 14.5 Å². The fourth-order valence-electron chi connectivity index (χ4n) is 8.59. The van der Waals surface area contributed by atoms with Gasteiger partial charge < -0.3 is 0 Å². The lowest BCUT2D eigenvalue weighted by molar-refractivity contribution is 1.01. The predicted molar refractivity (Wildman–Crippen MR) is 235 cm³/mol. The average Bonchev–Trinajstić information content (AvgIpc) is 3.57. The molecule has 0 unspecified atom stereocenters. The first-order chi connectivity index (χ1) is 27.0. The van der Waals surface area contributed by atoms with E-state index in [-0.39, 0.29) is 0 Å². The summed E-state index contributed by atoms with van der Waals surface area (Å²) in [7, 11) is 0. The number of rotatable bonds is 4. The summed E-state index contributed by atoms with van der Waals surface area (Å²) in [6.45, 7) is 12.8. The number of fused-ring (bicyclic) bond motifs is 7. The Hall–Kier alpha value is -6.58. The maximum absolute atomic E-state index is 5.59. The van der Waals surface area contributed by atoms with Gasteiger partial charge in [-0.1, -0.05) is 147 Å². The number of aromatic nitrogens is 3. The quantitative estimate of drug-likeness (QED) is 0.182. The van der Waals surface area contributed by atoms with E-state index < -0.39 is 0 Å². The van der Waals surface area contributed by atoms with Gasteiger partial charge >= 0.3 is 0 Å². The summed E-state index contributed by atoms with van der Waals surface area (Å²) in [6, 6.07) is 54.8. The minimum atomic E-state index is 0.834. The SMILES string of the molecule is CC.Cc1ccccc1-c1nc(-c2ccc3ccccc3c2)c(-n2c3ccccc3c3c4ccccc4c(-c4cc5ccccc5cc4C)c(C)c32)nc1C. The molecule has 55 heavy (non-hydrogen) atoms. The minimum Gasteiger partial charge on any atom is -0.292 e. The molecule has 10 rings (SSSR count). The first-order valence-corrected chi connectivity index (χ1v) is 19.3. The molecular weight excluding hydrogens is 667 g/mol. The second-order valence-electron chi connectivity index (χ2n) is 14.3. The molecule has 3 nitrogen and oxygen atoms in total. The van der Waals surface area contributed by atoms with Crippen LogP contribution in [0, 0.1) is 27.7 Å². The lowest BCUT2D eigenvalue weighted by Gasteiger charge is -2.20. The Kier molecular flexibility index (Phi) is 8.51. The summed E-state index contributed by atoms with van der Waals surface area (Å²) in [4.78, 5) is 11.2. The van der Waals surface area contributed by atoms with Crippen LogP contribution in [0.25, 0.3) is 93.6 Å². The molecule has 0 atom stereocenters. The number of nitrogens with zero attached hydrogens (tertiary/aromatic N) is 3. The van der Waals surface area contributed by atoms with Crippen LogP contribution >= 0.6 is 0 Å². The lowest BCUT2D eigenvalue weighted by Crippen LogP contribution is -2.07. The molecule has 10 aromatic rings. The van der Waals surface area contributed by atoms with Crippen LogP contribution in [0.4, 0.5) is 0 Å². The van der Waals surface area contributed by atoms with Crippen molar-refractivity contribution in [1.29, 1.82) is 0 Å². The molecule has 0 aliphatic carbocycles. The minimum absolute atomic E-state index is 0.834. The van der Waals surface area contributed by atoms with Gasteiger partial charge in [0.15, 0.2) is 5.82 Å². The highest BCUT2D eigenvalue weighted by molar-refractivity contribution is 6.26. The smallest absolute Gasteiger partial charge is 0.164 e. The van der Waals surface area contributed by atoms with Gasteiger partial charge in [0.05, 0.1) is 22.4 Å². The summed E-state index contributed by atoms with van der Waals surface area (Å²) in [5.41, 5.74) is 13.2. The molecule has 0 saturated carbocycles. The molecule has 0 N–H and O–H groups in total. The van der Waals surface area contributed by atoms with Gasteiger partial charge in [0.25, 0.3) is 0 Å². The van der Waals surface area contributed by atoms with E-state index in [0.29, 0.717) is 0 Å². The second-order valence-corrected chi connectivity index (χ2v) is 14.3. The third kappa shape index (κ3) is 5.50. The first-order valence-electron chi connectivity index (χ1n) is 19.3. The van der Waals surface area contributed by atoms with Crippen LogP contribution in [0.1, 0.15) is 36.2 Å². The fraction of sp³-hybridized carbons (Fsp3) is 0.115. The van der Waals surface area contributed by atoms with Gasteiger partial charge in [-0.15, -0.1) is 0 Å². The molecule has 0 spiro atoms. The molecule has 0 radical (unpaired) electrons. The van der Waals surface area contributed by atoms with Crippen molar-refractivity contribution in [3.05, 3.63) is 174 Å². The van der Waals surface area contributed by atoms with Crippen molar-refractivity contribution in [3.63, 3.8) is 0 Å². The maximum Gasteiger partial charge on any atom is 0.164 e. The second kappa shape index (κ2) is 13.7. The third-order valence-corrected chi connectivity index (χ3v) is 11.1. The highest BCUT2D eigenvalue weighted by Crippen LogP contribution is 2.46. The molecular formula is C52H43N3. The molecule has 266 valence electrons. The Morgan fingerprint density at radius 2 is 1.05 bits per heavy atom. The predicted octanol–water partition coefficient (Wildman–Crippen LogP) is 14.3. The molecule has 0 fully saturated rings. The van der Waals surface area contributed by atoms with E-state index in [9.17, 15) is 0 Å². The van der Waals surface area contributed by atoms with E-state index in [2.05, 4.69) is 184 Å². The fourth-order valence-corrected chi connectivity index (χ4v) is 8.59. The van der Waals surface area contributed by atoms with Crippen LogP contribution in [0.2, 0.25) is 0 Å². The molecule has 2 aromatic heterocycles. The average molecular weight is 710 g/mol. The summed E-state index contributed by atoms with van der Waals surface area (Å²) < 4.78 is 2.40. The summed E-state index contributed by atoms with van der Waals surface area (Å²) in [6.07, 6.45) is 0. The Labute approximate surface area is 322 Å². The Balaban J connectivity index is 0.00000195. The van der Waals surface area contributed by atoms with Gasteiger partial charge in [-0.2, -0.15) is 0 Å². The summed E-state index contributed by atoms with van der Waals surface area (Å²) in [5, 5.41) is 9.80. The normalized spacial score (nSPS) is 11.5. The molecule has 8 aromatic carbocycles. The monoisotopic (exact) mass is 709 g/mol.